The Morgan fingerprint density at radius 3 is 1.41 bits per heavy atom. The predicted molar refractivity (Wildman–Crippen MR) is 235 cm³/mol. The number of carbonyl (C=O) groups is 3. The number of carbonyl (C=O) groups excluding carboxylic acids is 2. The van der Waals surface area contributed by atoms with Crippen LogP contribution in [0.2, 0.25) is 0 Å². The minimum absolute atomic E-state index is 0.0858. The van der Waals surface area contributed by atoms with Crippen molar-refractivity contribution in [3.8, 4) is 0 Å². The van der Waals surface area contributed by atoms with Crippen molar-refractivity contribution in [2.45, 2.75) is 206 Å². The van der Waals surface area contributed by atoms with Crippen molar-refractivity contribution in [2.24, 2.45) is 5.73 Å². The first-order valence-electron chi connectivity index (χ1n) is 22.7. The van der Waals surface area contributed by atoms with E-state index in [4.69, 9.17) is 24.8 Å². The van der Waals surface area contributed by atoms with Crippen LogP contribution in [0.1, 0.15) is 194 Å². The van der Waals surface area contributed by atoms with Crippen LogP contribution < -0.4 is 5.73 Å². The van der Waals surface area contributed by atoms with Gasteiger partial charge in [-0.25, -0.2) is 4.57 Å². The lowest BCUT2D eigenvalue weighted by Crippen LogP contribution is -2.34. The van der Waals surface area contributed by atoms with Crippen LogP contribution in [-0.2, 0) is 37.5 Å². The van der Waals surface area contributed by atoms with Crippen LogP contribution in [0.4, 0.5) is 0 Å². The van der Waals surface area contributed by atoms with Gasteiger partial charge in [0.2, 0.25) is 0 Å². The molecule has 0 aromatic heterocycles. The Bertz CT molecular complexity index is 1170. The average Bonchev–Trinajstić information content (AvgIpc) is 3.20. The lowest BCUT2D eigenvalue weighted by molar-refractivity contribution is -0.161. The van der Waals surface area contributed by atoms with E-state index in [1.54, 1.807) is 0 Å². The zero-order valence-corrected chi connectivity index (χ0v) is 37.3. The van der Waals surface area contributed by atoms with Gasteiger partial charge in [0.25, 0.3) is 0 Å². The molecule has 4 N–H and O–H groups in total. The van der Waals surface area contributed by atoms with Crippen molar-refractivity contribution in [3.63, 3.8) is 0 Å². The topological polar surface area (TPSA) is 172 Å². The summed E-state index contributed by atoms with van der Waals surface area (Å²) in [5.41, 5.74) is 5.33. The molecule has 0 amide bonds. The summed E-state index contributed by atoms with van der Waals surface area (Å²) in [7, 11) is -4.73. The molecule has 0 saturated carbocycles. The molecule has 0 saturated heterocycles. The Hall–Kier alpha value is -2.56. The molecule has 3 atom stereocenters. The third-order valence-corrected chi connectivity index (χ3v) is 10.5. The second-order valence-electron chi connectivity index (χ2n) is 15.2. The summed E-state index contributed by atoms with van der Waals surface area (Å²) in [6.45, 7) is 2.73. The van der Waals surface area contributed by atoms with Gasteiger partial charge in [0.05, 0.1) is 13.2 Å². The molecule has 0 aliphatic heterocycles. The fourth-order valence-electron chi connectivity index (χ4n) is 6.00. The van der Waals surface area contributed by atoms with Gasteiger partial charge in [0.1, 0.15) is 12.6 Å². The number of carboxylic acid groups (broad SMARTS) is 1. The molecule has 58 heavy (non-hydrogen) atoms. The Kier molecular flexibility index (Phi) is 39.4. The van der Waals surface area contributed by atoms with Gasteiger partial charge in [0.15, 0.2) is 6.10 Å². The highest BCUT2D eigenvalue weighted by Gasteiger charge is 2.28. The van der Waals surface area contributed by atoms with Crippen LogP contribution >= 0.6 is 7.82 Å². The van der Waals surface area contributed by atoms with Crippen molar-refractivity contribution >= 4 is 25.7 Å². The van der Waals surface area contributed by atoms with E-state index in [0.29, 0.717) is 19.3 Å². The average molecular weight is 840 g/mol. The summed E-state index contributed by atoms with van der Waals surface area (Å²) in [5.74, 6) is -2.45. The monoisotopic (exact) mass is 840 g/mol. The minimum atomic E-state index is -4.73. The van der Waals surface area contributed by atoms with Gasteiger partial charge in [-0.15, -0.1) is 0 Å². The van der Waals surface area contributed by atoms with E-state index in [2.05, 4.69) is 54.8 Å². The van der Waals surface area contributed by atoms with Crippen LogP contribution in [0.25, 0.3) is 0 Å². The predicted octanol–water partition coefficient (Wildman–Crippen LogP) is 12.2. The number of nitrogens with two attached hydrogens (primary N) is 1. The Balaban J connectivity index is 4.42. The van der Waals surface area contributed by atoms with E-state index in [1.165, 1.54) is 103 Å². The number of ether oxygens (including phenoxy) is 2. The first-order valence-corrected chi connectivity index (χ1v) is 24.2. The Labute approximate surface area is 352 Å². The fourth-order valence-corrected chi connectivity index (χ4v) is 6.78. The van der Waals surface area contributed by atoms with Crippen molar-refractivity contribution in [3.05, 3.63) is 48.6 Å². The van der Waals surface area contributed by atoms with Gasteiger partial charge < -0.3 is 25.2 Å². The van der Waals surface area contributed by atoms with Crippen LogP contribution in [0.3, 0.4) is 0 Å². The Morgan fingerprint density at radius 1 is 0.534 bits per heavy atom. The molecule has 1 unspecified atom stereocenters. The molecular formula is C46H82NO10P. The summed E-state index contributed by atoms with van der Waals surface area (Å²) in [6.07, 6.45) is 46.1. The van der Waals surface area contributed by atoms with E-state index in [-0.39, 0.29) is 19.4 Å². The first kappa shape index (κ1) is 55.4. The highest BCUT2D eigenvalue weighted by Crippen LogP contribution is 2.43. The van der Waals surface area contributed by atoms with Gasteiger partial charge >= 0.3 is 25.7 Å². The van der Waals surface area contributed by atoms with Gasteiger partial charge in [-0.05, 0) is 51.4 Å². The summed E-state index contributed by atoms with van der Waals surface area (Å²) in [6, 6.07) is -1.53. The SMILES string of the molecule is CCCCC/C=C/C/C=C/C/C=C/C/C=C/CCCC(=O)O[C@H](COC(=O)CCCCCCCCCCCCCCCCCCC)COP(=O)(O)OC[C@H](N)C(=O)O. The molecule has 12 heteroatoms. The zero-order chi connectivity index (χ0) is 42.8. The van der Waals surface area contributed by atoms with Gasteiger partial charge in [-0.3, -0.25) is 23.4 Å². The largest absolute Gasteiger partial charge is 0.480 e. The summed E-state index contributed by atoms with van der Waals surface area (Å²) >= 11 is 0. The van der Waals surface area contributed by atoms with E-state index < -0.39 is 51.1 Å². The number of carboxylic acids is 1. The van der Waals surface area contributed by atoms with Gasteiger partial charge in [-0.1, -0.05) is 178 Å². The molecule has 0 rings (SSSR count). The van der Waals surface area contributed by atoms with Crippen molar-refractivity contribution in [2.75, 3.05) is 19.8 Å². The number of phosphoric acid groups is 1. The molecule has 0 aliphatic rings. The quantitative estimate of drug-likeness (QED) is 0.0231. The molecule has 11 nitrogen and oxygen atoms in total. The zero-order valence-electron chi connectivity index (χ0n) is 36.4. The van der Waals surface area contributed by atoms with E-state index >= 15 is 0 Å². The minimum Gasteiger partial charge on any atom is -0.480 e. The maximum Gasteiger partial charge on any atom is 0.472 e. The maximum atomic E-state index is 12.6. The highest BCUT2D eigenvalue weighted by molar-refractivity contribution is 7.47. The molecule has 0 aromatic carbocycles. The molecule has 0 spiro atoms. The fraction of sp³-hybridized carbons (Fsp3) is 0.761. The van der Waals surface area contributed by atoms with Crippen molar-refractivity contribution < 1.29 is 47.5 Å². The van der Waals surface area contributed by atoms with Gasteiger partial charge in [0, 0.05) is 12.8 Å². The maximum absolute atomic E-state index is 12.6. The lowest BCUT2D eigenvalue weighted by atomic mass is 10.0. The molecule has 0 heterocycles. The number of aliphatic carboxylic acids is 1. The molecule has 0 radical (unpaired) electrons. The normalized spacial score (nSPS) is 14.1. The van der Waals surface area contributed by atoms with E-state index in [1.807, 2.05) is 12.2 Å². The summed E-state index contributed by atoms with van der Waals surface area (Å²) in [5, 5.41) is 8.89. The smallest absolute Gasteiger partial charge is 0.472 e. The second-order valence-corrected chi connectivity index (χ2v) is 16.6. The number of allylic oxidation sites excluding steroid dienone is 8. The number of phosphoric ester groups is 1. The van der Waals surface area contributed by atoms with Gasteiger partial charge in [-0.2, -0.15) is 0 Å². The second kappa shape index (κ2) is 41.2. The van der Waals surface area contributed by atoms with Crippen molar-refractivity contribution in [1.29, 1.82) is 0 Å². The van der Waals surface area contributed by atoms with Crippen LogP contribution in [0.15, 0.2) is 48.6 Å². The number of esters is 2. The number of hydrogen-bond donors (Lipinski definition) is 3. The molecule has 0 bridgehead atoms. The van der Waals surface area contributed by atoms with E-state index in [0.717, 1.165) is 44.9 Å². The standard InChI is InChI=1S/C46H82NO10P/c1-3-5-7-9-11-13-15-17-19-21-23-25-27-29-31-33-35-37-44(48)54-39-42(40-55-58(52,53)56-41-43(47)46(50)51)57-45(49)38-36-34-32-30-28-26-24-22-20-18-16-14-12-10-8-6-4-2/h12,14,18,20,24,26,30,32,42-43H,3-11,13,15-17,19,21-23,25,27-29,31,33-41,47H2,1-2H3,(H,50,51)(H,52,53)/b14-12+,20-18+,26-24+,32-30+/t42-,43+/m1/s1. The molecule has 0 fully saturated rings. The number of hydrogen-bond acceptors (Lipinski definition) is 9. The first-order chi connectivity index (χ1) is 28.1. The molecular weight excluding hydrogens is 757 g/mol. The van der Waals surface area contributed by atoms with Crippen LogP contribution in [0, 0.1) is 0 Å². The third-order valence-electron chi connectivity index (χ3n) is 9.58. The summed E-state index contributed by atoms with van der Waals surface area (Å²) < 4.78 is 32.7. The highest BCUT2D eigenvalue weighted by atomic mass is 31.2. The van der Waals surface area contributed by atoms with E-state index in [9.17, 15) is 23.8 Å². The summed E-state index contributed by atoms with van der Waals surface area (Å²) in [4.78, 5) is 46.0. The van der Waals surface area contributed by atoms with Crippen LogP contribution in [-0.4, -0.2) is 59.9 Å². The molecule has 336 valence electrons. The lowest BCUT2D eigenvalue weighted by Gasteiger charge is -2.20. The van der Waals surface area contributed by atoms with Crippen molar-refractivity contribution in [1.82, 2.24) is 0 Å². The van der Waals surface area contributed by atoms with Crippen LogP contribution in [0.5, 0.6) is 0 Å². The Morgan fingerprint density at radius 2 is 0.931 bits per heavy atom. The molecule has 0 aromatic rings. The number of rotatable bonds is 42. The third kappa shape index (κ3) is 40.2. The number of unbranched alkanes of at least 4 members (excludes halogenated alkanes) is 20. The molecule has 0 aliphatic carbocycles.